The predicted octanol–water partition coefficient (Wildman–Crippen LogP) is -0.617. The number of sulfone groups is 1. The summed E-state index contributed by atoms with van der Waals surface area (Å²) in [6, 6.07) is 0. The normalized spacial score (nSPS) is 17.8. The number of carbonyl (C=O) groups excluding carboxylic acids is 1. The van der Waals surface area contributed by atoms with Crippen LogP contribution in [0.1, 0.15) is 23.1 Å². The highest BCUT2D eigenvalue weighted by atomic mass is 32.2. The molecule has 0 saturated carbocycles. The van der Waals surface area contributed by atoms with E-state index in [1.807, 2.05) is 0 Å². The van der Waals surface area contributed by atoms with E-state index in [4.69, 9.17) is 4.74 Å². The van der Waals surface area contributed by atoms with Crippen LogP contribution in [0.5, 0.6) is 0 Å². The van der Waals surface area contributed by atoms with Crippen LogP contribution in [0.4, 0.5) is 0 Å². The van der Waals surface area contributed by atoms with E-state index >= 15 is 0 Å². The molecule has 0 atom stereocenters. The molecule has 0 aliphatic carbocycles. The van der Waals surface area contributed by atoms with Crippen molar-refractivity contribution in [3.63, 3.8) is 0 Å². The van der Waals surface area contributed by atoms with Crippen LogP contribution in [-0.2, 0) is 26.9 Å². The molecule has 8 heteroatoms. The van der Waals surface area contributed by atoms with Gasteiger partial charge in [0, 0.05) is 0 Å². The lowest BCUT2D eigenvalue weighted by atomic mass is 10.3. The van der Waals surface area contributed by atoms with Crippen LogP contribution >= 0.6 is 0 Å². The van der Waals surface area contributed by atoms with Crippen LogP contribution in [0, 0.1) is 0 Å². The first-order chi connectivity index (χ1) is 7.53. The third kappa shape index (κ3) is 1.92. The van der Waals surface area contributed by atoms with Crippen molar-refractivity contribution in [1.29, 1.82) is 0 Å². The summed E-state index contributed by atoms with van der Waals surface area (Å²) in [5, 5.41) is 7.38. The minimum atomic E-state index is -3.15. The largest absolute Gasteiger partial charge is 0.461 e. The van der Waals surface area contributed by atoms with E-state index in [9.17, 15) is 13.2 Å². The molecule has 0 fully saturated rings. The van der Waals surface area contributed by atoms with Crippen molar-refractivity contribution in [2.75, 3.05) is 12.4 Å². The summed E-state index contributed by atoms with van der Waals surface area (Å²) in [7, 11) is -3.15. The molecule has 88 valence electrons. The van der Waals surface area contributed by atoms with E-state index in [-0.39, 0.29) is 30.4 Å². The predicted molar refractivity (Wildman–Crippen MR) is 53.5 cm³/mol. The standard InChI is InChI=1S/C8H11N3O4S/c1-2-15-8(12)7-6-5-16(13,14)4-3-11(6)10-9-7/h2-5H2,1H3. The van der Waals surface area contributed by atoms with Gasteiger partial charge in [-0.1, -0.05) is 5.21 Å². The Morgan fingerprint density at radius 1 is 1.56 bits per heavy atom. The van der Waals surface area contributed by atoms with Crippen LogP contribution in [-0.4, -0.2) is 41.7 Å². The fourth-order valence-electron chi connectivity index (χ4n) is 1.52. The van der Waals surface area contributed by atoms with Gasteiger partial charge < -0.3 is 4.74 Å². The van der Waals surface area contributed by atoms with E-state index in [0.717, 1.165) is 0 Å². The maximum absolute atomic E-state index is 11.5. The van der Waals surface area contributed by atoms with Gasteiger partial charge >= 0.3 is 5.97 Å². The third-order valence-corrected chi connectivity index (χ3v) is 3.79. The molecule has 0 amide bonds. The molecule has 1 aliphatic rings. The maximum Gasteiger partial charge on any atom is 0.360 e. The minimum absolute atomic E-state index is 0.00475. The van der Waals surface area contributed by atoms with Crippen LogP contribution < -0.4 is 0 Å². The second kappa shape index (κ2) is 3.85. The number of nitrogens with zero attached hydrogens (tertiary/aromatic N) is 3. The van der Waals surface area contributed by atoms with E-state index in [1.54, 1.807) is 6.92 Å². The Balaban J connectivity index is 2.37. The Labute approximate surface area is 92.3 Å². The lowest BCUT2D eigenvalue weighted by molar-refractivity contribution is 0.0518. The summed E-state index contributed by atoms with van der Waals surface area (Å²) < 4.78 is 29.1. The zero-order chi connectivity index (χ0) is 11.8. The first kappa shape index (κ1) is 11.1. The first-order valence-electron chi connectivity index (χ1n) is 4.83. The van der Waals surface area contributed by atoms with Crippen LogP contribution in [0.3, 0.4) is 0 Å². The van der Waals surface area contributed by atoms with Crippen molar-refractivity contribution >= 4 is 15.8 Å². The Bertz CT molecular complexity index is 519. The SMILES string of the molecule is CCOC(=O)c1nnn2c1CS(=O)(=O)CC2. The van der Waals surface area contributed by atoms with Gasteiger partial charge in [-0.2, -0.15) is 0 Å². The summed E-state index contributed by atoms with van der Waals surface area (Å²) in [4.78, 5) is 11.5. The molecule has 2 heterocycles. The number of aryl methyl sites for hydroxylation is 1. The number of rotatable bonds is 2. The fraction of sp³-hybridized carbons (Fsp3) is 0.625. The minimum Gasteiger partial charge on any atom is -0.461 e. The molecule has 0 aromatic carbocycles. The van der Waals surface area contributed by atoms with Gasteiger partial charge in [-0.05, 0) is 6.92 Å². The van der Waals surface area contributed by atoms with Gasteiger partial charge in [0.1, 0.15) is 0 Å². The average molecular weight is 245 g/mol. The molecule has 0 bridgehead atoms. The summed E-state index contributed by atoms with van der Waals surface area (Å²) in [5.41, 5.74) is 0.329. The van der Waals surface area contributed by atoms with Gasteiger partial charge in [0.05, 0.1) is 30.4 Å². The van der Waals surface area contributed by atoms with Gasteiger partial charge in [0.2, 0.25) is 0 Å². The molecule has 0 N–H and O–H groups in total. The van der Waals surface area contributed by atoms with Crippen LogP contribution in [0.2, 0.25) is 0 Å². The zero-order valence-corrected chi connectivity index (χ0v) is 9.53. The number of carbonyl (C=O) groups is 1. The van der Waals surface area contributed by atoms with Crippen molar-refractivity contribution in [2.24, 2.45) is 0 Å². The van der Waals surface area contributed by atoms with E-state index in [1.165, 1.54) is 4.68 Å². The highest BCUT2D eigenvalue weighted by molar-refractivity contribution is 7.90. The number of hydrogen-bond donors (Lipinski definition) is 0. The van der Waals surface area contributed by atoms with Gasteiger partial charge in [0.15, 0.2) is 15.5 Å². The maximum atomic E-state index is 11.5. The summed E-state index contributed by atoms with van der Waals surface area (Å²) in [6.07, 6.45) is 0. The molecule has 0 radical (unpaired) electrons. The highest BCUT2D eigenvalue weighted by Gasteiger charge is 2.29. The van der Waals surface area contributed by atoms with Crippen molar-refractivity contribution in [3.8, 4) is 0 Å². The Morgan fingerprint density at radius 2 is 2.31 bits per heavy atom. The summed E-state index contributed by atoms with van der Waals surface area (Å²) in [5.74, 6) is -0.791. The number of aromatic nitrogens is 3. The number of hydrogen-bond acceptors (Lipinski definition) is 6. The molecule has 16 heavy (non-hydrogen) atoms. The number of esters is 1. The first-order valence-corrected chi connectivity index (χ1v) is 6.65. The van der Waals surface area contributed by atoms with Gasteiger partial charge in [-0.25, -0.2) is 17.9 Å². The monoisotopic (exact) mass is 245 g/mol. The van der Waals surface area contributed by atoms with Crippen molar-refractivity contribution in [3.05, 3.63) is 11.4 Å². The molecule has 0 saturated heterocycles. The fourth-order valence-corrected chi connectivity index (χ4v) is 2.82. The summed E-state index contributed by atoms with van der Waals surface area (Å²) >= 11 is 0. The van der Waals surface area contributed by atoms with Gasteiger partial charge in [-0.15, -0.1) is 5.10 Å². The lowest BCUT2D eigenvalue weighted by Gasteiger charge is -2.13. The third-order valence-electron chi connectivity index (χ3n) is 2.28. The molecule has 0 unspecified atom stereocenters. The second-order valence-corrected chi connectivity index (χ2v) is 5.60. The van der Waals surface area contributed by atoms with Crippen LogP contribution in [0.15, 0.2) is 0 Å². The highest BCUT2D eigenvalue weighted by Crippen LogP contribution is 2.16. The van der Waals surface area contributed by atoms with Crippen LogP contribution in [0.25, 0.3) is 0 Å². The second-order valence-electron chi connectivity index (χ2n) is 3.42. The summed E-state index contributed by atoms with van der Waals surface area (Å²) in [6.45, 7) is 2.13. The Kier molecular flexibility index (Phi) is 2.66. The lowest BCUT2D eigenvalue weighted by Crippen LogP contribution is -2.25. The topological polar surface area (TPSA) is 91.2 Å². The quantitative estimate of drug-likeness (QED) is 0.645. The zero-order valence-electron chi connectivity index (χ0n) is 8.71. The van der Waals surface area contributed by atoms with E-state index < -0.39 is 15.8 Å². The molecule has 7 nitrogen and oxygen atoms in total. The molecule has 1 aromatic rings. The molecule has 0 spiro atoms. The molecular formula is C8H11N3O4S. The Morgan fingerprint density at radius 3 is 3.00 bits per heavy atom. The van der Waals surface area contributed by atoms with E-state index in [2.05, 4.69) is 10.3 Å². The van der Waals surface area contributed by atoms with Crippen molar-refractivity contribution in [2.45, 2.75) is 19.2 Å². The molecule has 1 aromatic heterocycles. The van der Waals surface area contributed by atoms with Gasteiger partial charge in [-0.3, -0.25) is 0 Å². The number of ether oxygens (including phenoxy) is 1. The molecule has 2 rings (SSSR count). The van der Waals surface area contributed by atoms with Crippen molar-refractivity contribution in [1.82, 2.24) is 15.0 Å². The number of fused-ring (bicyclic) bond motifs is 1. The average Bonchev–Trinajstić information content (AvgIpc) is 2.59. The Hall–Kier alpha value is -1.44. The molecule has 1 aliphatic heterocycles. The van der Waals surface area contributed by atoms with Gasteiger partial charge in [0.25, 0.3) is 0 Å². The molecular weight excluding hydrogens is 234 g/mol. The smallest absolute Gasteiger partial charge is 0.360 e. The van der Waals surface area contributed by atoms with Crippen molar-refractivity contribution < 1.29 is 17.9 Å². The van der Waals surface area contributed by atoms with E-state index in [0.29, 0.717) is 5.69 Å².